The van der Waals surface area contributed by atoms with Crippen LogP contribution in [0.5, 0.6) is 0 Å². The summed E-state index contributed by atoms with van der Waals surface area (Å²) < 4.78 is 26.3. The highest BCUT2D eigenvalue weighted by Crippen LogP contribution is 2.25. The highest BCUT2D eigenvalue weighted by atomic mass is 35.5. The molecule has 0 aliphatic heterocycles. The van der Waals surface area contributed by atoms with Crippen molar-refractivity contribution in [3.63, 3.8) is 0 Å². The van der Waals surface area contributed by atoms with Gasteiger partial charge in [-0.05, 0) is 56.0 Å². The second kappa shape index (κ2) is 13.9. The Bertz CT molecular complexity index is 1160. The number of nitrogens with one attached hydrogen (secondary N) is 1. The number of para-hydroxylation sites is 1. The number of carbonyl (C=O) groups is 2. The van der Waals surface area contributed by atoms with Crippen molar-refractivity contribution in [2.45, 2.75) is 59.0 Å². The van der Waals surface area contributed by atoms with Crippen LogP contribution in [0.2, 0.25) is 10.0 Å². The van der Waals surface area contributed by atoms with E-state index < -0.39 is 16.1 Å². The smallest absolute Gasteiger partial charge is 0.242 e. The normalized spacial score (nSPS) is 12.2. The first kappa shape index (κ1) is 29.9. The zero-order chi connectivity index (χ0) is 26.9. The summed E-state index contributed by atoms with van der Waals surface area (Å²) in [6, 6.07) is 11.6. The van der Waals surface area contributed by atoms with Gasteiger partial charge >= 0.3 is 0 Å². The van der Waals surface area contributed by atoms with E-state index in [1.807, 2.05) is 26.0 Å². The summed E-state index contributed by atoms with van der Waals surface area (Å²) in [5.74, 6) is -0.494. The van der Waals surface area contributed by atoms with Gasteiger partial charge in [0.15, 0.2) is 0 Å². The maximum Gasteiger partial charge on any atom is 0.242 e. The van der Waals surface area contributed by atoms with Crippen molar-refractivity contribution < 1.29 is 18.0 Å². The number of hydrogen-bond donors (Lipinski definition) is 1. The standard InChI is InChI=1S/C26H35Cl2N3O4S/c1-5-6-15-29-26(33)20(3)30(18-21-13-14-22(27)23(28)17-21)25(32)12-9-16-31(36(4,34)35)24-11-8-7-10-19(24)2/h7-8,10-11,13-14,17,20H,5-6,9,12,15-16,18H2,1-4H3,(H,29,33)/t20-/m0/s1. The summed E-state index contributed by atoms with van der Waals surface area (Å²) in [5, 5.41) is 3.65. The van der Waals surface area contributed by atoms with Gasteiger partial charge in [0.2, 0.25) is 21.8 Å². The molecule has 2 amide bonds. The van der Waals surface area contributed by atoms with Crippen LogP contribution < -0.4 is 9.62 Å². The highest BCUT2D eigenvalue weighted by molar-refractivity contribution is 7.92. The van der Waals surface area contributed by atoms with Gasteiger partial charge in [-0.1, -0.05) is 60.8 Å². The van der Waals surface area contributed by atoms with Crippen molar-refractivity contribution in [2.75, 3.05) is 23.7 Å². The Morgan fingerprint density at radius 2 is 1.75 bits per heavy atom. The van der Waals surface area contributed by atoms with E-state index in [0.29, 0.717) is 28.7 Å². The molecule has 0 aromatic heterocycles. The SMILES string of the molecule is CCCCNC(=O)[C@H](C)N(Cc1ccc(Cl)c(Cl)c1)C(=O)CCCN(c1ccccc1C)S(C)(=O)=O. The van der Waals surface area contributed by atoms with Crippen LogP contribution in [0, 0.1) is 6.92 Å². The van der Waals surface area contributed by atoms with Crippen LogP contribution in [0.25, 0.3) is 0 Å². The third-order valence-electron chi connectivity index (χ3n) is 5.87. The summed E-state index contributed by atoms with van der Waals surface area (Å²) in [6.45, 7) is 6.42. The molecule has 1 atom stereocenters. The molecule has 198 valence electrons. The molecule has 10 heteroatoms. The van der Waals surface area contributed by atoms with Crippen molar-refractivity contribution in [3.8, 4) is 0 Å². The molecule has 0 saturated carbocycles. The molecule has 0 unspecified atom stereocenters. The number of rotatable bonds is 13. The number of sulfonamides is 1. The Morgan fingerprint density at radius 1 is 1.06 bits per heavy atom. The van der Waals surface area contributed by atoms with E-state index in [9.17, 15) is 18.0 Å². The number of anilines is 1. The first-order valence-corrected chi connectivity index (χ1v) is 14.6. The maximum absolute atomic E-state index is 13.3. The fourth-order valence-electron chi connectivity index (χ4n) is 3.78. The van der Waals surface area contributed by atoms with E-state index in [2.05, 4.69) is 5.32 Å². The number of carbonyl (C=O) groups excluding carboxylic acids is 2. The molecule has 2 aromatic rings. The van der Waals surface area contributed by atoms with E-state index in [1.165, 1.54) is 9.21 Å². The molecular weight excluding hydrogens is 521 g/mol. The maximum atomic E-state index is 13.3. The number of halogens is 2. The fourth-order valence-corrected chi connectivity index (χ4v) is 5.12. The van der Waals surface area contributed by atoms with Crippen molar-refractivity contribution in [1.82, 2.24) is 10.2 Å². The van der Waals surface area contributed by atoms with E-state index >= 15 is 0 Å². The molecule has 7 nitrogen and oxygen atoms in total. The third-order valence-corrected chi connectivity index (χ3v) is 7.79. The van der Waals surface area contributed by atoms with Crippen molar-refractivity contribution >= 4 is 50.7 Å². The van der Waals surface area contributed by atoms with Crippen molar-refractivity contribution in [3.05, 3.63) is 63.6 Å². The van der Waals surface area contributed by atoms with Crippen LogP contribution in [0.4, 0.5) is 5.69 Å². The Labute approximate surface area is 224 Å². The minimum Gasteiger partial charge on any atom is -0.354 e. The lowest BCUT2D eigenvalue weighted by molar-refractivity contribution is -0.140. The lowest BCUT2D eigenvalue weighted by atomic mass is 10.1. The minimum atomic E-state index is -3.54. The molecule has 0 fully saturated rings. The lowest BCUT2D eigenvalue weighted by Crippen LogP contribution is -2.48. The average molecular weight is 557 g/mol. The molecule has 2 rings (SSSR count). The summed E-state index contributed by atoms with van der Waals surface area (Å²) in [6.07, 6.45) is 3.31. The summed E-state index contributed by atoms with van der Waals surface area (Å²) in [7, 11) is -3.54. The topological polar surface area (TPSA) is 86.8 Å². The zero-order valence-electron chi connectivity index (χ0n) is 21.3. The first-order chi connectivity index (χ1) is 17.0. The number of hydrogen-bond acceptors (Lipinski definition) is 4. The average Bonchev–Trinajstić information content (AvgIpc) is 2.82. The van der Waals surface area contributed by atoms with Crippen LogP contribution in [0.3, 0.4) is 0 Å². The van der Waals surface area contributed by atoms with Crippen molar-refractivity contribution in [1.29, 1.82) is 0 Å². The van der Waals surface area contributed by atoms with Gasteiger partial charge in [0, 0.05) is 26.1 Å². The largest absolute Gasteiger partial charge is 0.354 e. The third kappa shape index (κ3) is 8.68. The van der Waals surface area contributed by atoms with Gasteiger partial charge in [-0.3, -0.25) is 13.9 Å². The monoisotopic (exact) mass is 555 g/mol. The van der Waals surface area contributed by atoms with Gasteiger partial charge in [0.1, 0.15) is 6.04 Å². The van der Waals surface area contributed by atoms with Gasteiger partial charge in [0.05, 0.1) is 22.0 Å². The van der Waals surface area contributed by atoms with Crippen LogP contribution in [0.1, 0.15) is 50.7 Å². The van der Waals surface area contributed by atoms with Crippen LogP contribution >= 0.6 is 23.2 Å². The molecule has 0 aliphatic rings. The predicted molar refractivity (Wildman–Crippen MR) is 147 cm³/mol. The number of nitrogens with zero attached hydrogens (tertiary/aromatic N) is 2. The van der Waals surface area contributed by atoms with Gasteiger partial charge in [0.25, 0.3) is 0 Å². The van der Waals surface area contributed by atoms with Crippen LogP contribution in [0.15, 0.2) is 42.5 Å². The van der Waals surface area contributed by atoms with Gasteiger partial charge in [-0.15, -0.1) is 0 Å². The molecule has 0 heterocycles. The van der Waals surface area contributed by atoms with E-state index in [0.717, 1.165) is 30.2 Å². The predicted octanol–water partition coefficient (Wildman–Crippen LogP) is 5.18. The minimum absolute atomic E-state index is 0.0752. The molecule has 0 bridgehead atoms. The van der Waals surface area contributed by atoms with E-state index in [1.54, 1.807) is 37.3 Å². The molecule has 2 aromatic carbocycles. The van der Waals surface area contributed by atoms with Gasteiger partial charge in [-0.25, -0.2) is 8.42 Å². The molecule has 0 spiro atoms. The second-order valence-corrected chi connectivity index (χ2v) is 11.5. The number of unbranched alkanes of at least 4 members (excludes halogenated alkanes) is 1. The Morgan fingerprint density at radius 3 is 2.36 bits per heavy atom. The molecule has 1 N–H and O–H groups in total. The molecule has 36 heavy (non-hydrogen) atoms. The molecule has 0 aliphatic carbocycles. The highest BCUT2D eigenvalue weighted by Gasteiger charge is 2.27. The van der Waals surface area contributed by atoms with Gasteiger partial charge in [-0.2, -0.15) is 0 Å². The Hall–Kier alpha value is -2.29. The lowest BCUT2D eigenvalue weighted by Gasteiger charge is -2.29. The number of benzene rings is 2. The van der Waals surface area contributed by atoms with Crippen molar-refractivity contribution in [2.24, 2.45) is 0 Å². The second-order valence-electron chi connectivity index (χ2n) is 8.82. The number of amides is 2. The Balaban J connectivity index is 2.18. The van der Waals surface area contributed by atoms with Gasteiger partial charge < -0.3 is 10.2 Å². The number of aryl methyl sites for hydroxylation is 1. The summed E-state index contributed by atoms with van der Waals surface area (Å²) >= 11 is 12.2. The van der Waals surface area contributed by atoms with E-state index in [-0.39, 0.29) is 31.3 Å². The molecule has 0 saturated heterocycles. The molecular formula is C26H35Cl2N3O4S. The molecule has 0 radical (unpaired) electrons. The zero-order valence-corrected chi connectivity index (χ0v) is 23.6. The summed E-state index contributed by atoms with van der Waals surface area (Å²) in [5.41, 5.74) is 2.15. The van der Waals surface area contributed by atoms with Crippen LogP contribution in [-0.4, -0.2) is 50.5 Å². The summed E-state index contributed by atoms with van der Waals surface area (Å²) in [4.78, 5) is 27.6. The Kier molecular flexibility index (Phi) is 11.5. The van der Waals surface area contributed by atoms with Crippen LogP contribution in [-0.2, 0) is 26.2 Å². The fraction of sp³-hybridized carbons (Fsp3) is 0.462. The first-order valence-electron chi connectivity index (χ1n) is 12.0. The quantitative estimate of drug-likeness (QED) is 0.345. The van der Waals surface area contributed by atoms with E-state index in [4.69, 9.17) is 23.2 Å².